The second-order valence-electron chi connectivity index (χ2n) is 4.91. The van der Waals surface area contributed by atoms with Crippen LogP contribution in [0.4, 0.5) is 11.4 Å². The average molecular weight is 322 g/mol. The number of carbonyl (C=O) groups excluding carboxylic acids is 1. The lowest BCUT2D eigenvalue weighted by Gasteiger charge is -2.18. The Balaban J connectivity index is 1.96. The number of aromatic amines is 1. The number of amides is 1. The van der Waals surface area contributed by atoms with Gasteiger partial charge in [0.05, 0.1) is 27.7 Å². The molecule has 0 spiro atoms. The molecule has 0 bridgehead atoms. The first-order valence-electron chi connectivity index (χ1n) is 6.48. The number of aromatic nitrogens is 2. The number of benzene rings is 1. The highest BCUT2D eigenvalue weighted by Gasteiger charge is 2.22. The molecule has 116 valence electrons. The van der Waals surface area contributed by atoms with E-state index in [-0.39, 0.29) is 17.4 Å². The van der Waals surface area contributed by atoms with E-state index in [1.807, 2.05) is 0 Å². The van der Waals surface area contributed by atoms with Crippen LogP contribution in [0.1, 0.15) is 11.4 Å². The second kappa shape index (κ2) is 5.02. The molecule has 0 aliphatic carbocycles. The molecule has 2 aromatic rings. The Hall–Kier alpha value is -2.55. The van der Waals surface area contributed by atoms with Crippen LogP contribution in [-0.4, -0.2) is 31.1 Å². The molecule has 9 heteroatoms. The fourth-order valence-corrected chi connectivity index (χ4v) is 3.33. The van der Waals surface area contributed by atoms with Crippen LogP contribution in [0.2, 0.25) is 0 Å². The number of nitrogens with zero attached hydrogens (tertiary/aromatic N) is 1. The summed E-state index contributed by atoms with van der Waals surface area (Å²) in [5.74, 6) is 0.116. The van der Waals surface area contributed by atoms with Crippen LogP contribution in [0.5, 0.6) is 5.75 Å². The molecule has 1 aliphatic heterocycles. The molecule has 0 saturated heterocycles. The molecular formula is C13H14N4O4S. The third kappa shape index (κ3) is 2.50. The second-order valence-corrected chi connectivity index (χ2v) is 6.59. The van der Waals surface area contributed by atoms with Gasteiger partial charge in [-0.1, -0.05) is 0 Å². The van der Waals surface area contributed by atoms with Crippen molar-refractivity contribution in [2.75, 3.05) is 16.6 Å². The van der Waals surface area contributed by atoms with E-state index in [2.05, 4.69) is 20.2 Å². The summed E-state index contributed by atoms with van der Waals surface area (Å²) in [7, 11) is -3.80. The lowest BCUT2D eigenvalue weighted by Crippen LogP contribution is -2.25. The summed E-state index contributed by atoms with van der Waals surface area (Å²) in [6.45, 7) is 3.34. The number of aryl methyl sites for hydroxylation is 2. The number of H-pyrrole nitrogens is 1. The maximum absolute atomic E-state index is 12.5. The van der Waals surface area contributed by atoms with E-state index in [9.17, 15) is 13.2 Å². The van der Waals surface area contributed by atoms with Gasteiger partial charge in [-0.3, -0.25) is 14.6 Å². The van der Waals surface area contributed by atoms with Crippen LogP contribution in [0.15, 0.2) is 23.1 Å². The molecule has 8 nitrogen and oxygen atoms in total. The third-order valence-corrected chi connectivity index (χ3v) is 4.61. The molecule has 0 fully saturated rings. The number of anilines is 2. The van der Waals surface area contributed by atoms with Gasteiger partial charge in [0, 0.05) is 0 Å². The maximum Gasteiger partial charge on any atom is 0.262 e. The number of fused-ring (bicyclic) bond motifs is 1. The summed E-state index contributed by atoms with van der Waals surface area (Å²) in [5.41, 5.74) is 1.92. The fraction of sp³-hybridized carbons (Fsp3) is 0.231. The van der Waals surface area contributed by atoms with Crippen molar-refractivity contribution in [3.63, 3.8) is 0 Å². The van der Waals surface area contributed by atoms with Crippen molar-refractivity contribution in [2.45, 2.75) is 18.7 Å². The molecule has 0 radical (unpaired) electrons. The molecule has 1 aromatic heterocycles. The normalized spacial score (nSPS) is 14.0. The van der Waals surface area contributed by atoms with E-state index in [0.717, 1.165) is 0 Å². The standard InChI is InChI=1S/C13H14N4O4S/c1-7-13(8(2)16-15-7)17-22(19,20)9-3-4-11-10(5-9)14-12(18)6-21-11/h3-5,17H,6H2,1-2H3,(H,14,18)(H,15,16). The zero-order valence-corrected chi connectivity index (χ0v) is 12.7. The summed E-state index contributed by atoms with van der Waals surface area (Å²) >= 11 is 0. The summed E-state index contributed by atoms with van der Waals surface area (Å²) in [6.07, 6.45) is 0. The Morgan fingerprint density at radius 2 is 2.09 bits per heavy atom. The first-order chi connectivity index (χ1) is 10.4. The van der Waals surface area contributed by atoms with Gasteiger partial charge in [-0.05, 0) is 32.0 Å². The Kier molecular flexibility index (Phi) is 3.28. The highest BCUT2D eigenvalue weighted by Crippen LogP contribution is 2.31. The lowest BCUT2D eigenvalue weighted by atomic mass is 10.2. The van der Waals surface area contributed by atoms with Crippen LogP contribution in [0, 0.1) is 13.8 Å². The predicted molar refractivity (Wildman–Crippen MR) is 79.4 cm³/mol. The molecule has 22 heavy (non-hydrogen) atoms. The first-order valence-corrected chi connectivity index (χ1v) is 7.96. The zero-order chi connectivity index (χ0) is 15.9. The van der Waals surface area contributed by atoms with Gasteiger partial charge in [-0.15, -0.1) is 0 Å². The van der Waals surface area contributed by atoms with E-state index in [1.165, 1.54) is 18.2 Å². The molecule has 0 unspecified atom stereocenters. The number of carbonyl (C=O) groups is 1. The quantitative estimate of drug-likeness (QED) is 0.785. The van der Waals surface area contributed by atoms with E-state index in [0.29, 0.717) is 28.5 Å². The van der Waals surface area contributed by atoms with E-state index in [1.54, 1.807) is 13.8 Å². The fourth-order valence-electron chi connectivity index (χ4n) is 2.12. The van der Waals surface area contributed by atoms with Crippen molar-refractivity contribution >= 4 is 27.3 Å². The van der Waals surface area contributed by atoms with Crippen LogP contribution in [-0.2, 0) is 14.8 Å². The molecule has 0 atom stereocenters. The van der Waals surface area contributed by atoms with Crippen LogP contribution < -0.4 is 14.8 Å². The average Bonchev–Trinajstić information content (AvgIpc) is 2.78. The van der Waals surface area contributed by atoms with Gasteiger partial charge in [0.25, 0.3) is 15.9 Å². The Morgan fingerprint density at radius 1 is 1.32 bits per heavy atom. The molecular weight excluding hydrogens is 308 g/mol. The van der Waals surface area contributed by atoms with Crippen molar-refractivity contribution in [1.29, 1.82) is 0 Å². The van der Waals surface area contributed by atoms with Gasteiger partial charge in [0.2, 0.25) is 0 Å². The van der Waals surface area contributed by atoms with Crippen molar-refractivity contribution in [3.8, 4) is 5.75 Å². The minimum absolute atomic E-state index is 0.0250. The third-order valence-electron chi connectivity index (χ3n) is 3.26. The topological polar surface area (TPSA) is 113 Å². The number of ether oxygens (including phenoxy) is 1. The number of rotatable bonds is 3. The lowest BCUT2D eigenvalue weighted by molar-refractivity contribution is -0.118. The van der Waals surface area contributed by atoms with Crippen LogP contribution in [0.3, 0.4) is 0 Å². The Labute approximate surface area is 126 Å². The molecule has 3 rings (SSSR count). The molecule has 1 amide bonds. The van der Waals surface area contributed by atoms with E-state index in [4.69, 9.17) is 4.74 Å². The smallest absolute Gasteiger partial charge is 0.262 e. The molecule has 0 saturated carbocycles. The Bertz CT molecular complexity index is 837. The zero-order valence-electron chi connectivity index (χ0n) is 11.9. The minimum Gasteiger partial charge on any atom is -0.482 e. The van der Waals surface area contributed by atoms with Gasteiger partial charge in [-0.2, -0.15) is 5.10 Å². The van der Waals surface area contributed by atoms with Crippen molar-refractivity contribution in [2.24, 2.45) is 0 Å². The number of nitrogens with one attached hydrogen (secondary N) is 3. The van der Waals surface area contributed by atoms with Crippen LogP contribution >= 0.6 is 0 Å². The molecule has 2 heterocycles. The van der Waals surface area contributed by atoms with Gasteiger partial charge in [0.15, 0.2) is 6.61 Å². The first kappa shape index (κ1) is 14.4. The van der Waals surface area contributed by atoms with Gasteiger partial charge in [-0.25, -0.2) is 8.42 Å². The molecule has 3 N–H and O–H groups in total. The molecule has 1 aliphatic rings. The van der Waals surface area contributed by atoms with E-state index < -0.39 is 10.0 Å². The summed E-state index contributed by atoms with van der Waals surface area (Å²) in [4.78, 5) is 11.3. The van der Waals surface area contributed by atoms with Crippen molar-refractivity contribution < 1.29 is 17.9 Å². The van der Waals surface area contributed by atoms with Gasteiger partial charge in [0.1, 0.15) is 5.75 Å². The Morgan fingerprint density at radius 3 is 2.77 bits per heavy atom. The SMILES string of the molecule is Cc1n[nH]c(C)c1NS(=O)(=O)c1ccc2c(c1)NC(=O)CO2. The monoisotopic (exact) mass is 322 g/mol. The summed E-state index contributed by atoms with van der Waals surface area (Å²) in [5, 5.41) is 9.24. The van der Waals surface area contributed by atoms with Crippen molar-refractivity contribution in [1.82, 2.24) is 10.2 Å². The van der Waals surface area contributed by atoms with Gasteiger partial charge >= 0.3 is 0 Å². The highest BCUT2D eigenvalue weighted by atomic mass is 32.2. The minimum atomic E-state index is -3.80. The maximum atomic E-state index is 12.5. The van der Waals surface area contributed by atoms with Crippen molar-refractivity contribution in [3.05, 3.63) is 29.6 Å². The van der Waals surface area contributed by atoms with Gasteiger partial charge < -0.3 is 10.1 Å². The predicted octanol–water partition coefficient (Wildman–Crippen LogP) is 1.16. The number of hydrogen-bond acceptors (Lipinski definition) is 5. The summed E-state index contributed by atoms with van der Waals surface area (Å²) < 4.78 is 32.6. The number of sulfonamides is 1. The highest BCUT2D eigenvalue weighted by molar-refractivity contribution is 7.92. The summed E-state index contributed by atoms with van der Waals surface area (Å²) in [6, 6.07) is 4.29. The van der Waals surface area contributed by atoms with E-state index >= 15 is 0 Å². The molecule has 1 aromatic carbocycles. The largest absolute Gasteiger partial charge is 0.482 e. The number of hydrogen-bond donors (Lipinski definition) is 3. The van der Waals surface area contributed by atoms with Crippen LogP contribution in [0.25, 0.3) is 0 Å².